The Morgan fingerprint density at radius 1 is 1.38 bits per heavy atom. The van der Waals surface area contributed by atoms with Crippen LogP contribution in [0.2, 0.25) is 0 Å². The molecular formula is C9H7N5S2. The lowest BCUT2D eigenvalue weighted by Gasteiger charge is -1.89. The lowest BCUT2D eigenvalue weighted by Crippen LogP contribution is -1.82. The van der Waals surface area contributed by atoms with Crippen molar-refractivity contribution in [2.75, 3.05) is 5.73 Å². The molecule has 3 N–H and O–H groups in total. The van der Waals surface area contributed by atoms with Gasteiger partial charge in [-0.1, -0.05) is 0 Å². The fourth-order valence-electron chi connectivity index (χ4n) is 1.34. The molecule has 0 spiro atoms. The second-order valence-corrected chi connectivity index (χ2v) is 5.14. The summed E-state index contributed by atoms with van der Waals surface area (Å²) in [7, 11) is 0. The predicted molar refractivity (Wildman–Crippen MR) is 64.5 cm³/mol. The molecule has 0 atom stereocenters. The van der Waals surface area contributed by atoms with Crippen LogP contribution < -0.4 is 5.73 Å². The highest BCUT2D eigenvalue weighted by molar-refractivity contribution is 8.00. The Bertz CT molecular complexity index is 616. The van der Waals surface area contributed by atoms with Gasteiger partial charge in [-0.3, -0.25) is 0 Å². The number of aromatic nitrogens is 4. The van der Waals surface area contributed by atoms with E-state index in [1.807, 2.05) is 18.2 Å². The van der Waals surface area contributed by atoms with Crippen LogP contribution in [0.4, 0.5) is 5.69 Å². The van der Waals surface area contributed by atoms with Gasteiger partial charge in [0, 0.05) is 5.69 Å². The summed E-state index contributed by atoms with van der Waals surface area (Å²) in [6.45, 7) is 0. The third kappa shape index (κ3) is 1.74. The van der Waals surface area contributed by atoms with E-state index in [9.17, 15) is 0 Å². The zero-order valence-electron chi connectivity index (χ0n) is 8.04. The van der Waals surface area contributed by atoms with E-state index in [4.69, 9.17) is 5.73 Å². The first-order chi connectivity index (χ1) is 7.81. The number of rotatable bonds is 2. The molecule has 0 saturated heterocycles. The third-order valence-corrected chi connectivity index (χ3v) is 3.61. The minimum Gasteiger partial charge on any atom is -0.399 e. The van der Waals surface area contributed by atoms with Crippen LogP contribution in [0, 0.1) is 0 Å². The largest absolute Gasteiger partial charge is 0.399 e. The fraction of sp³-hybridized carbons (Fsp3) is 0. The minimum absolute atomic E-state index is 0.726. The normalized spacial score (nSPS) is 11.0. The maximum atomic E-state index is 5.69. The number of nitrogens with two attached hydrogens (primary N) is 1. The molecule has 0 aliphatic rings. The zero-order chi connectivity index (χ0) is 11.0. The van der Waals surface area contributed by atoms with Gasteiger partial charge in [0.05, 0.1) is 11.0 Å². The number of nitrogens with one attached hydrogen (secondary N) is 1. The summed E-state index contributed by atoms with van der Waals surface area (Å²) in [6, 6.07) is 5.60. The van der Waals surface area contributed by atoms with Crippen LogP contribution in [0.25, 0.3) is 11.0 Å². The van der Waals surface area contributed by atoms with Crippen molar-refractivity contribution in [2.45, 2.75) is 9.50 Å². The molecule has 0 aliphatic carbocycles. The Morgan fingerprint density at radius 2 is 2.31 bits per heavy atom. The first-order valence-corrected chi connectivity index (χ1v) is 6.10. The molecule has 80 valence electrons. The maximum Gasteiger partial charge on any atom is 0.177 e. The quantitative estimate of drug-likeness (QED) is 0.680. The molecule has 1 aromatic carbocycles. The SMILES string of the molecule is Nc1ccc2nc(Sc3ncns3)[nH]c2c1. The van der Waals surface area contributed by atoms with E-state index in [1.165, 1.54) is 29.6 Å². The Kier molecular flexibility index (Phi) is 2.26. The summed E-state index contributed by atoms with van der Waals surface area (Å²) >= 11 is 2.81. The van der Waals surface area contributed by atoms with Crippen LogP contribution in [0.1, 0.15) is 0 Å². The molecule has 0 unspecified atom stereocenters. The van der Waals surface area contributed by atoms with Crippen LogP contribution in [-0.2, 0) is 0 Å². The van der Waals surface area contributed by atoms with E-state index < -0.39 is 0 Å². The predicted octanol–water partition coefficient (Wildman–Crippen LogP) is 2.15. The van der Waals surface area contributed by atoms with E-state index in [2.05, 4.69) is 19.3 Å². The van der Waals surface area contributed by atoms with Gasteiger partial charge in [-0.25, -0.2) is 9.97 Å². The van der Waals surface area contributed by atoms with Crippen molar-refractivity contribution in [3.8, 4) is 0 Å². The van der Waals surface area contributed by atoms with Crippen LogP contribution in [0.15, 0.2) is 34.0 Å². The monoisotopic (exact) mass is 249 g/mol. The van der Waals surface area contributed by atoms with Gasteiger partial charge in [-0.05, 0) is 41.5 Å². The van der Waals surface area contributed by atoms with Crippen molar-refractivity contribution < 1.29 is 0 Å². The molecule has 3 aromatic rings. The summed E-state index contributed by atoms with van der Waals surface area (Å²) < 4.78 is 4.80. The number of hydrogen-bond acceptors (Lipinski definition) is 6. The Labute approximate surface area is 99.3 Å². The van der Waals surface area contributed by atoms with Crippen LogP contribution in [-0.4, -0.2) is 19.3 Å². The molecule has 0 saturated carbocycles. The molecule has 16 heavy (non-hydrogen) atoms. The number of H-pyrrole nitrogens is 1. The van der Waals surface area contributed by atoms with Gasteiger partial charge in [0.1, 0.15) is 6.33 Å². The highest BCUT2D eigenvalue weighted by atomic mass is 32.2. The second-order valence-electron chi connectivity index (χ2n) is 3.13. The number of hydrogen-bond donors (Lipinski definition) is 2. The summed E-state index contributed by atoms with van der Waals surface area (Å²) in [5.41, 5.74) is 8.26. The van der Waals surface area contributed by atoms with Crippen LogP contribution >= 0.6 is 23.3 Å². The summed E-state index contributed by atoms with van der Waals surface area (Å²) in [5.74, 6) is 0. The first kappa shape index (κ1) is 9.61. The lowest BCUT2D eigenvalue weighted by molar-refractivity contribution is 1.07. The molecule has 2 heterocycles. The van der Waals surface area contributed by atoms with E-state index >= 15 is 0 Å². The molecule has 0 aliphatic heterocycles. The van der Waals surface area contributed by atoms with Crippen molar-refractivity contribution in [3.05, 3.63) is 24.5 Å². The number of imidazole rings is 1. The standard InChI is InChI=1S/C9H7N5S2/c10-5-1-2-6-7(3-5)14-8(13-6)15-9-11-4-12-16-9/h1-4H,10H2,(H,13,14). The number of fused-ring (bicyclic) bond motifs is 1. The third-order valence-electron chi connectivity index (χ3n) is 2.01. The van der Waals surface area contributed by atoms with Crippen molar-refractivity contribution in [1.29, 1.82) is 0 Å². The molecular weight excluding hydrogens is 242 g/mol. The van der Waals surface area contributed by atoms with Gasteiger partial charge >= 0.3 is 0 Å². The molecule has 7 heteroatoms. The van der Waals surface area contributed by atoms with Crippen molar-refractivity contribution in [2.24, 2.45) is 0 Å². The molecule has 2 aromatic heterocycles. The Morgan fingerprint density at radius 3 is 3.12 bits per heavy atom. The molecule has 0 fully saturated rings. The minimum atomic E-state index is 0.726. The molecule has 0 bridgehead atoms. The maximum absolute atomic E-state index is 5.69. The molecule has 0 radical (unpaired) electrons. The molecule has 3 rings (SSSR count). The van der Waals surface area contributed by atoms with Gasteiger partial charge in [-0.2, -0.15) is 4.37 Å². The highest BCUT2D eigenvalue weighted by Gasteiger charge is 2.06. The van der Waals surface area contributed by atoms with Gasteiger partial charge < -0.3 is 10.7 Å². The molecule has 5 nitrogen and oxygen atoms in total. The van der Waals surface area contributed by atoms with E-state index in [0.717, 1.165) is 26.2 Å². The summed E-state index contributed by atoms with van der Waals surface area (Å²) in [5, 5.41) is 0.803. The van der Waals surface area contributed by atoms with E-state index in [-0.39, 0.29) is 0 Å². The van der Waals surface area contributed by atoms with Gasteiger partial charge in [0.2, 0.25) is 0 Å². The number of nitrogen functional groups attached to an aromatic ring is 1. The van der Waals surface area contributed by atoms with Gasteiger partial charge in [0.15, 0.2) is 9.50 Å². The second kappa shape index (κ2) is 3.76. The highest BCUT2D eigenvalue weighted by Crippen LogP contribution is 2.27. The first-order valence-electron chi connectivity index (χ1n) is 4.51. The fourth-order valence-corrected chi connectivity index (χ4v) is 2.71. The van der Waals surface area contributed by atoms with Crippen molar-refractivity contribution in [3.63, 3.8) is 0 Å². The van der Waals surface area contributed by atoms with Crippen LogP contribution in [0.3, 0.4) is 0 Å². The Hall–Kier alpha value is -1.60. The number of anilines is 1. The average molecular weight is 249 g/mol. The smallest absolute Gasteiger partial charge is 0.177 e. The summed E-state index contributed by atoms with van der Waals surface area (Å²) in [6.07, 6.45) is 1.54. The Balaban J connectivity index is 1.99. The number of aromatic amines is 1. The summed E-state index contributed by atoms with van der Waals surface area (Å²) in [4.78, 5) is 11.7. The van der Waals surface area contributed by atoms with Crippen molar-refractivity contribution >= 4 is 40.0 Å². The number of benzene rings is 1. The average Bonchev–Trinajstić information content (AvgIpc) is 2.86. The van der Waals surface area contributed by atoms with Gasteiger partial charge in [0.25, 0.3) is 0 Å². The van der Waals surface area contributed by atoms with Gasteiger partial charge in [-0.15, -0.1) is 0 Å². The van der Waals surface area contributed by atoms with E-state index in [0.29, 0.717) is 0 Å². The van der Waals surface area contributed by atoms with E-state index in [1.54, 1.807) is 0 Å². The molecule has 0 amide bonds. The van der Waals surface area contributed by atoms with Crippen LogP contribution in [0.5, 0.6) is 0 Å². The topological polar surface area (TPSA) is 80.5 Å². The van der Waals surface area contributed by atoms with Crippen molar-refractivity contribution in [1.82, 2.24) is 19.3 Å². The lowest BCUT2D eigenvalue weighted by atomic mass is 10.3. The number of nitrogens with zero attached hydrogens (tertiary/aromatic N) is 3. The zero-order valence-corrected chi connectivity index (χ0v) is 9.68.